The van der Waals surface area contributed by atoms with Gasteiger partial charge in [-0.3, -0.25) is 5.10 Å². The third kappa shape index (κ3) is 1.74. The summed E-state index contributed by atoms with van der Waals surface area (Å²) in [6, 6.07) is 5.62. The molecule has 0 aliphatic rings. The molecule has 1 aromatic carbocycles. The van der Waals surface area contributed by atoms with E-state index in [1.54, 1.807) is 0 Å². The molecule has 0 saturated heterocycles. The highest BCUT2D eigenvalue weighted by atomic mass is 79.9. The van der Waals surface area contributed by atoms with Crippen molar-refractivity contribution in [2.75, 3.05) is 5.73 Å². The summed E-state index contributed by atoms with van der Waals surface area (Å²) in [6.45, 7) is 1.90. The molecule has 0 unspecified atom stereocenters. The number of aromatic amines is 1. The van der Waals surface area contributed by atoms with Crippen LogP contribution < -0.4 is 5.73 Å². The first kappa shape index (κ1) is 10.2. The van der Waals surface area contributed by atoms with Crippen LogP contribution in [0, 0.1) is 12.7 Å². The van der Waals surface area contributed by atoms with Crippen molar-refractivity contribution < 1.29 is 4.39 Å². The lowest BCUT2D eigenvalue weighted by atomic mass is 10.1. The number of nitrogens with one attached hydrogen (secondary N) is 1. The highest BCUT2D eigenvalue weighted by Crippen LogP contribution is 2.28. The largest absolute Gasteiger partial charge is 0.380 e. The minimum Gasteiger partial charge on any atom is -0.380 e. The zero-order valence-corrected chi connectivity index (χ0v) is 9.60. The smallest absolute Gasteiger partial charge is 0.192 e. The number of H-pyrrole nitrogens is 1. The summed E-state index contributed by atoms with van der Waals surface area (Å²) in [5, 5.41) is 6.21. The summed E-state index contributed by atoms with van der Waals surface area (Å²) in [7, 11) is 0. The van der Waals surface area contributed by atoms with Gasteiger partial charge in [0.1, 0.15) is 5.69 Å². The Kier molecular flexibility index (Phi) is 2.48. The van der Waals surface area contributed by atoms with Crippen molar-refractivity contribution in [1.29, 1.82) is 0 Å². The summed E-state index contributed by atoms with van der Waals surface area (Å²) in [5.41, 5.74) is 7.38. The van der Waals surface area contributed by atoms with Gasteiger partial charge in [0, 0.05) is 10.0 Å². The molecule has 1 aromatic heterocycles. The topological polar surface area (TPSA) is 54.7 Å². The Labute approximate surface area is 94.6 Å². The van der Waals surface area contributed by atoms with E-state index in [4.69, 9.17) is 5.73 Å². The third-order valence-corrected chi connectivity index (χ3v) is 2.69. The number of nitrogens with zero attached hydrogens (tertiary/aromatic N) is 1. The molecular formula is C10H9BrFN3. The molecule has 0 atom stereocenters. The van der Waals surface area contributed by atoms with Crippen molar-refractivity contribution in [2.45, 2.75) is 6.92 Å². The van der Waals surface area contributed by atoms with Crippen LogP contribution in [0.15, 0.2) is 22.7 Å². The van der Waals surface area contributed by atoms with Crippen molar-refractivity contribution in [3.63, 3.8) is 0 Å². The summed E-state index contributed by atoms with van der Waals surface area (Å²) >= 11 is 3.34. The van der Waals surface area contributed by atoms with Crippen LogP contribution in [0.1, 0.15) is 5.56 Å². The maximum atomic E-state index is 13.5. The van der Waals surface area contributed by atoms with Crippen molar-refractivity contribution in [2.24, 2.45) is 0 Å². The van der Waals surface area contributed by atoms with E-state index in [1.807, 2.05) is 25.1 Å². The second kappa shape index (κ2) is 3.66. The molecule has 0 bridgehead atoms. The van der Waals surface area contributed by atoms with E-state index in [-0.39, 0.29) is 5.82 Å². The van der Waals surface area contributed by atoms with E-state index in [2.05, 4.69) is 26.1 Å². The maximum absolute atomic E-state index is 13.5. The number of nitrogen functional groups attached to an aromatic ring is 1. The van der Waals surface area contributed by atoms with Gasteiger partial charge in [-0.25, -0.2) is 4.39 Å². The third-order valence-electron chi connectivity index (χ3n) is 2.20. The minimum atomic E-state index is -0.504. The van der Waals surface area contributed by atoms with E-state index in [1.165, 1.54) is 0 Å². The first-order valence-corrected chi connectivity index (χ1v) is 5.14. The molecule has 0 radical (unpaired) electrons. The molecule has 5 heteroatoms. The molecule has 0 saturated carbocycles. The lowest BCUT2D eigenvalue weighted by Gasteiger charge is -2.03. The van der Waals surface area contributed by atoms with Crippen LogP contribution >= 0.6 is 15.9 Å². The van der Waals surface area contributed by atoms with Gasteiger partial charge in [-0.2, -0.15) is 5.10 Å². The molecule has 78 valence electrons. The number of nitrogens with two attached hydrogens (primary N) is 1. The van der Waals surface area contributed by atoms with Gasteiger partial charge in [-0.05, 0) is 24.6 Å². The number of rotatable bonds is 1. The molecule has 0 amide bonds. The molecular weight excluding hydrogens is 261 g/mol. The number of benzene rings is 1. The fraction of sp³-hybridized carbons (Fsp3) is 0.100. The monoisotopic (exact) mass is 269 g/mol. The quantitative estimate of drug-likeness (QED) is 0.837. The molecule has 3 nitrogen and oxygen atoms in total. The molecule has 15 heavy (non-hydrogen) atoms. The van der Waals surface area contributed by atoms with Crippen LogP contribution in [0.4, 0.5) is 10.2 Å². The Morgan fingerprint density at radius 2 is 2.20 bits per heavy atom. The van der Waals surface area contributed by atoms with Crippen LogP contribution in [0.5, 0.6) is 0 Å². The zero-order valence-electron chi connectivity index (χ0n) is 8.01. The highest BCUT2D eigenvalue weighted by Gasteiger charge is 2.13. The van der Waals surface area contributed by atoms with Gasteiger partial charge < -0.3 is 5.73 Å². The maximum Gasteiger partial charge on any atom is 0.192 e. The average molecular weight is 270 g/mol. The predicted octanol–water partition coefficient (Wildman–Crippen LogP) is 2.87. The normalized spacial score (nSPS) is 10.6. The molecule has 3 N–H and O–H groups in total. The molecule has 2 aromatic rings. The number of hydrogen-bond donors (Lipinski definition) is 2. The SMILES string of the molecule is Cc1ccc(Br)cc1-c1[nH]nc(N)c1F. The van der Waals surface area contributed by atoms with Gasteiger partial charge in [0.15, 0.2) is 11.6 Å². The lowest BCUT2D eigenvalue weighted by Crippen LogP contribution is -1.89. The van der Waals surface area contributed by atoms with Crippen LogP contribution in [0.3, 0.4) is 0 Å². The van der Waals surface area contributed by atoms with Crippen molar-refractivity contribution >= 4 is 21.7 Å². The van der Waals surface area contributed by atoms with E-state index < -0.39 is 5.82 Å². The highest BCUT2D eigenvalue weighted by molar-refractivity contribution is 9.10. The molecule has 0 aliphatic carbocycles. The van der Waals surface area contributed by atoms with Crippen LogP contribution in [0.2, 0.25) is 0 Å². The molecule has 0 aliphatic heterocycles. The Morgan fingerprint density at radius 3 is 2.80 bits per heavy atom. The molecule has 2 rings (SSSR count). The molecule has 1 heterocycles. The average Bonchev–Trinajstić information content (AvgIpc) is 2.52. The van der Waals surface area contributed by atoms with Gasteiger partial charge in [0.05, 0.1) is 0 Å². The summed E-state index contributed by atoms with van der Waals surface area (Å²) in [6.07, 6.45) is 0. The van der Waals surface area contributed by atoms with E-state index >= 15 is 0 Å². The van der Waals surface area contributed by atoms with E-state index in [0.717, 1.165) is 15.6 Å². The van der Waals surface area contributed by atoms with Crippen molar-refractivity contribution in [3.8, 4) is 11.3 Å². The van der Waals surface area contributed by atoms with Crippen molar-refractivity contribution in [3.05, 3.63) is 34.1 Å². The number of halogens is 2. The van der Waals surface area contributed by atoms with E-state index in [0.29, 0.717) is 5.69 Å². The predicted molar refractivity (Wildman–Crippen MR) is 60.8 cm³/mol. The fourth-order valence-corrected chi connectivity index (χ4v) is 1.75. The van der Waals surface area contributed by atoms with Crippen LogP contribution in [0.25, 0.3) is 11.3 Å². The summed E-state index contributed by atoms with van der Waals surface area (Å²) in [4.78, 5) is 0. The number of aryl methyl sites for hydroxylation is 1. The van der Waals surface area contributed by atoms with Crippen LogP contribution in [-0.2, 0) is 0 Å². The minimum absolute atomic E-state index is 0.107. The lowest BCUT2D eigenvalue weighted by molar-refractivity contribution is 0.636. The standard InChI is InChI=1S/C10H9BrFN3/c1-5-2-3-6(11)4-7(5)9-8(12)10(13)15-14-9/h2-4H,1H3,(H3,13,14,15). The molecule has 0 fully saturated rings. The molecule has 0 spiro atoms. The zero-order chi connectivity index (χ0) is 11.0. The van der Waals surface area contributed by atoms with Gasteiger partial charge in [-0.15, -0.1) is 0 Å². The number of hydrogen-bond acceptors (Lipinski definition) is 2. The number of anilines is 1. The van der Waals surface area contributed by atoms with E-state index in [9.17, 15) is 4.39 Å². The van der Waals surface area contributed by atoms with Gasteiger partial charge in [0.25, 0.3) is 0 Å². The first-order valence-electron chi connectivity index (χ1n) is 4.35. The van der Waals surface area contributed by atoms with Crippen molar-refractivity contribution in [1.82, 2.24) is 10.2 Å². The fourth-order valence-electron chi connectivity index (χ4n) is 1.38. The first-order chi connectivity index (χ1) is 7.09. The second-order valence-corrected chi connectivity index (χ2v) is 4.17. The Bertz CT molecular complexity index is 507. The van der Waals surface area contributed by atoms with Crippen LogP contribution in [-0.4, -0.2) is 10.2 Å². The number of aromatic nitrogens is 2. The Balaban J connectivity index is 2.63. The summed E-state index contributed by atoms with van der Waals surface area (Å²) in [5.74, 6) is -0.611. The Morgan fingerprint density at radius 1 is 1.47 bits per heavy atom. The van der Waals surface area contributed by atoms with Gasteiger partial charge in [0.2, 0.25) is 0 Å². The van der Waals surface area contributed by atoms with Gasteiger partial charge in [-0.1, -0.05) is 22.0 Å². The Hall–Kier alpha value is -1.36. The van der Waals surface area contributed by atoms with Gasteiger partial charge >= 0.3 is 0 Å². The second-order valence-electron chi connectivity index (χ2n) is 3.26. The summed E-state index contributed by atoms with van der Waals surface area (Å²) < 4.78 is 14.4.